The predicted molar refractivity (Wildman–Crippen MR) is 79.4 cm³/mol. The molecule has 1 aliphatic heterocycles. The highest BCUT2D eigenvalue weighted by Gasteiger charge is 2.13. The Morgan fingerprint density at radius 3 is 2.33 bits per heavy atom. The number of nitrogens with zero attached hydrogens (tertiary/aromatic N) is 2. The first-order valence-electron chi connectivity index (χ1n) is 6.57. The molecule has 0 atom stereocenters. The highest BCUT2D eigenvalue weighted by atomic mass is 32.2. The molecule has 0 spiro atoms. The van der Waals surface area contributed by atoms with Crippen molar-refractivity contribution in [2.45, 2.75) is 17.7 Å². The van der Waals surface area contributed by atoms with Crippen molar-refractivity contribution in [3.63, 3.8) is 0 Å². The maximum atomic E-state index is 11.9. The number of hydrogen-bond donors (Lipinski definition) is 2. The number of hydrogen-bond acceptors (Lipinski definition) is 5. The number of sulfone groups is 1. The van der Waals surface area contributed by atoms with Crippen molar-refractivity contribution in [1.82, 2.24) is 10.3 Å². The first kappa shape index (κ1) is 15.3. The molecular weight excluding hydrogens is 292 g/mol. The van der Waals surface area contributed by atoms with Crippen LogP contribution in [0.2, 0.25) is 0 Å². The van der Waals surface area contributed by atoms with Gasteiger partial charge >= 0.3 is 0 Å². The zero-order chi connectivity index (χ0) is 15.5. The molecule has 7 nitrogen and oxygen atoms in total. The van der Waals surface area contributed by atoms with Gasteiger partial charge in [0.1, 0.15) is 0 Å². The van der Waals surface area contributed by atoms with Gasteiger partial charge in [0.05, 0.1) is 4.90 Å². The lowest BCUT2D eigenvalue weighted by Gasteiger charge is -2.12. The second kappa shape index (κ2) is 6.13. The zero-order valence-electron chi connectivity index (χ0n) is 11.7. The minimum atomic E-state index is -3.27. The number of guanidine groups is 1. The monoisotopic (exact) mass is 310 g/mol. The van der Waals surface area contributed by atoms with Crippen LogP contribution in [0.25, 0.3) is 0 Å². The van der Waals surface area contributed by atoms with Gasteiger partial charge in [-0.1, -0.05) is 0 Å². The fourth-order valence-corrected chi connectivity index (χ4v) is 2.65. The molecule has 0 aromatic heterocycles. The quantitative estimate of drug-likeness (QED) is 0.610. The van der Waals surface area contributed by atoms with Gasteiger partial charge in [-0.2, -0.15) is 0 Å². The van der Waals surface area contributed by atoms with Crippen molar-refractivity contribution in [3.8, 4) is 0 Å². The molecule has 1 fully saturated rings. The van der Waals surface area contributed by atoms with E-state index < -0.39 is 15.7 Å². The van der Waals surface area contributed by atoms with Gasteiger partial charge in [-0.05, 0) is 37.1 Å². The summed E-state index contributed by atoms with van der Waals surface area (Å²) in [5, 5.41) is 8.39. The highest BCUT2D eigenvalue weighted by molar-refractivity contribution is 7.90. The van der Waals surface area contributed by atoms with E-state index in [4.69, 9.17) is 5.73 Å². The number of amides is 1. The summed E-state index contributed by atoms with van der Waals surface area (Å²) in [4.78, 5) is 12.1. The number of rotatable bonds is 3. The molecule has 0 saturated carbocycles. The van der Waals surface area contributed by atoms with Crippen molar-refractivity contribution < 1.29 is 13.2 Å². The molecule has 21 heavy (non-hydrogen) atoms. The maximum absolute atomic E-state index is 11.9. The summed E-state index contributed by atoms with van der Waals surface area (Å²) in [6, 6.07) is 5.65. The Morgan fingerprint density at radius 2 is 1.81 bits per heavy atom. The number of hydrazone groups is 1. The number of nitrogens with one attached hydrogen (secondary N) is 1. The fourth-order valence-electron chi connectivity index (χ4n) is 2.02. The molecule has 0 bridgehead atoms. The molecule has 1 aliphatic rings. The molecule has 0 aliphatic carbocycles. The predicted octanol–water partition coefficient (Wildman–Crippen LogP) is 0.145. The van der Waals surface area contributed by atoms with Crippen molar-refractivity contribution >= 4 is 21.7 Å². The van der Waals surface area contributed by atoms with Crippen molar-refractivity contribution in [2.24, 2.45) is 10.8 Å². The van der Waals surface area contributed by atoms with Crippen LogP contribution in [0.4, 0.5) is 0 Å². The van der Waals surface area contributed by atoms with E-state index in [1.165, 1.54) is 24.3 Å². The molecule has 1 saturated heterocycles. The summed E-state index contributed by atoms with van der Waals surface area (Å²) < 4.78 is 22.7. The normalized spacial score (nSPS) is 16.0. The summed E-state index contributed by atoms with van der Waals surface area (Å²) >= 11 is 0. The van der Waals surface area contributed by atoms with Gasteiger partial charge in [-0.3, -0.25) is 15.1 Å². The SMILES string of the molecule is CS(=O)(=O)c1ccc(C(=O)N/C(N)=N/N2CCCC2)cc1. The van der Waals surface area contributed by atoms with E-state index >= 15 is 0 Å². The first-order chi connectivity index (χ1) is 9.86. The van der Waals surface area contributed by atoms with Crippen LogP contribution in [0.1, 0.15) is 23.2 Å². The van der Waals surface area contributed by atoms with E-state index in [0.29, 0.717) is 5.56 Å². The van der Waals surface area contributed by atoms with Crippen molar-refractivity contribution in [3.05, 3.63) is 29.8 Å². The van der Waals surface area contributed by atoms with E-state index in [0.717, 1.165) is 32.2 Å². The molecule has 1 aromatic rings. The molecule has 1 aromatic carbocycles. The molecular formula is C13H18N4O3S. The second-order valence-corrected chi connectivity index (χ2v) is 6.91. The lowest BCUT2D eigenvalue weighted by Crippen LogP contribution is -2.38. The minimum Gasteiger partial charge on any atom is -0.368 e. The molecule has 114 valence electrons. The van der Waals surface area contributed by atoms with Gasteiger partial charge in [0.2, 0.25) is 5.96 Å². The van der Waals surface area contributed by atoms with E-state index in [1.54, 1.807) is 0 Å². The van der Waals surface area contributed by atoms with Crippen LogP contribution in [0.15, 0.2) is 34.3 Å². The number of benzene rings is 1. The van der Waals surface area contributed by atoms with E-state index in [9.17, 15) is 13.2 Å². The average Bonchev–Trinajstić information content (AvgIpc) is 2.90. The Kier molecular flexibility index (Phi) is 4.46. The van der Waals surface area contributed by atoms with E-state index in [-0.39, 0.29) is 10.9 Å². The van der Waals surface area contributed by atoms with Gasteiger partial charge in [0.15, 0.2) is 9.84 Å². The summed E-state index contributed by atoms with van der Waals surface area (Å²) in [5.41, 5.74) is 5.99. The highest BCUT2D eigenvalue weighted by Crippen LogP contribution is 2.10. The third-order valence-electron chi connectivity index (χ3n) is 3.12. The Labute approximate surface area is 123 Å². The van der Waals surface area contributed by atoms with Gasteiger partial charge in [0, 0.05) is 24.9 Å². The zero-order valence-corrected chi connectivity index (χ0v) is 12.6. The molecule has 3 N–H and O–H groups in total. The minimum absolute atomic E-state index is 0.0362. The fraction of sp³-hybridized carbons (Fsp3) is 0.385. The maximum Gasteiger partial charge on any atom is 0.257 e. The topological polar surface area (TPSA) is 105 Å². The molecule has 8 heteroatoms. The van der Waals surface area contributed by atoms with Crippen molar-refractivity contribution in [2.75, 3.05) is 19.3 Å². The van der Waals surface area contributed by atoms with Crippen LogP contribution in [0.3, 0.4) is 0 Å². The summed E-state index contributed by atoms with van der Waals surface area (Å²) in [7, 11) is -3.27. The Bertz CT molecular complexity index is 646. The molecule has 2 rings (SSSR count). The van der Waals surface area contributed by atoms with Gasteiger partial charge < -0.3 is 5.73 Å². The summed E-state index contributed by atoms with van der Waals surface area (Å²) in [6.45, 7) is 1.67. The van der Waals surface area contributed by atoms with Crippen LogP contribution in [0.5, 0.6) is 0 Å². The second-order valence-electron chi connectivity index (χ2n) is 4.90. The first-order valence-corrected chi connectivity index (χ1v) is 8.46. The van der Waals surface area contributed by atoms with E-state index in [1.807, 2.05) is 5.01 Å². The standard InChI is InChI=1S/C13H18N4O3S/c1-21(19,20)11-6-4-10(5-7-11)12(18)15-13(14)16-17-8-2-3-9-17/h4-7H,2-3,8-9H2,1H3,(H3,14,15,16,18). The summed E-state index contributed by atoms with van der Waals surface area (Å²) in [5.74, 6) is -0.385. The van der Waals surface area contributed by atoms with Gasteiger partial charge in [0.25, 0.3) is 5.91 Å². The Hall–Kier alpha value is -2.09. The number of nitrogens with two attached hydrogens (primary N) is 1. The van der Waals surface area contributed by atoms with Gasteiger partial charge in [-0.15, -0.1) is 5.10 Å². The van der Waals surface area contributed by atoms with Crippen LogP contribution < -0.4 is 11.1 Å². The lowest BCUT2D eigenvalue weighted by molar-refractivity contribution is 0.0975. The molecule has 0 unspecified atom stereocenters. The number of carbonyl (C=O) groups is 1. The van der Waals surface area contributed by atoms with Crippen LogP contribution >= 0.6 is 0 Å². The summed E-state index contributed by atoms with van der Waals surface area (Å²) in [6.07, 6.45) is 3.25. The molecule has 1 heterocycles. The molecule has 0 radical (unpaired) electrons. The van der Waals surface area contributed by atoms with Crippen molar-refractivity contribution in [1.29, 1.82) is 0 Å². The smallest absolute Gasteiger partial charge is 0.257 e. The largest absolute Gasteiger partial charge is 0.368 e. The van der Waals surface area contributed by atoms with E-state index in [2.05, 4.69) is 10.4 Å². The lowest BCUT2D eigenvalue weighted by atomic mass is 10.2. The third-order valence-corrected chi connectivity index (χ3v) is 4.25. The van der Waals surface area contributed by atoms with Gasteiger partial charge in [-0.25, -0.2) is 8.42 Å². The molecule has 1 amide bonds. The van der Waals surface area contributed by atoms with Crippen LogP contribution in [-0.2, 0) is 9.84 Å². The van der Waals surface area contributed by atoms with Crippen LogP contribution in [0, 0.1) is 0 Å². The third kappa shape index (κ3) is 4.19. The average molecular weight is 310 g/mol. The number of carbonyl (C=O) groups excluding carboxylic acids is 1. The Morgan fingerprint density at radius 1 is 1.24 bits per heavy atom. The Balaban J connectivity index is 2.03. The van der Waals surface area contributed by atoms with Crippen LogP contribution in [-0.4, -0.2) is 44.6 Å².